The number of nitrogens with two attached hydrogens (primary N) is 1. The second-order valence-corrected chi connectivity index (χ2v) is 7.98. The maximum Gasteiger partial charge on any atom is 0.404 e. The van der Waals surface area contributed by atoms with Gasteiger partial charge in [-0.3, -0.25) is 4.98 Å². The van der Waals surface area contributed by atoms with Crippen LogP contribution in [-0.4, -0.2) is 39.3 Å². The summed E-state index contributed by atoms with van der Waals surface area (Å²) in [5.41, 5.74) is 4.88. The Morgan fingerprint density at radius 3 is 2.43 bits per heavy atom. The zero-order chi connectivity index (χ0) is 22.1. The molecule has 0 saturated carbocycles. The van der Waals surface area contributed by atoms with Gasteiger partial charge < -0.3 is 10.2 Å². The first-order chi connectivity index (χ1) is 14.0. The minimum Gasteiger partial charge on any atom is -0.462 e. The Morgan fingerprint density at radius 1 is 1.10 bits per heavy atom. The number of nitrogens with zero attached hydrogens (tertiary/aromatic N) is 3. The Hall–Kier alpha value is -2.15. The normalized spacial score (nSPS) is 12.8. The van der Waals surface area contributed by atoms with Gasteiger partial charge >= 0.3 is 12.4 Å². The number of aromatic nitrogens is 3. The average molecular weight is 468 g/mol. The van der Waals surface area contributed by atoms with Gasteiger partial charge in [0, 0.05) is 28.5 Å². The fourth-order valence-electron chi connectivity index (χ4n) is 2.73. The van der Waals surface area contributed by atoms with Crippen LogP contribution in [0.3, 0.4) is 0 Å². The molecule has 162 valence electrons. The van der Waals surface area contributed by atoms with Crippen molar-refractivity contribution in [3.8, 4) is 0 Å². The summed E-state index contributed by atoms with van der Waals surface area (Å²) in [6, 6.07) is 2.80. The summed E-state index contributed by atoms with van der Waals surface area (Å²) in [6.45, 7) is 0. The van der Waals surface area contributed by atoms with Crippen LogP contribution in [0.4, 0.5) is 32.2 Å². The molecular formula is C17H14F6N4OS2. The molecule has 0 amide bonds. The number of aryl methyl sites for hydroxylation is 1. The molecule has 3 rings (SSSR count). The van der Waals surface area contributed by atoms with Crippen LogP contribution in [0.5, 0.6) is 0 Å². The highest BCUT2D eigenvalue weighted by Gasteiger charge is 2.58. The van der Waals surface area contributed by atoms with E-state index in [0.717, 1.165) is 6.20 Å². The highest BCUT2D eigenvalue weighted by molar-refractivity contribution is 7.99. The molecule has 0 aliphatic carbocycles. The number of rotatable bonds is 6. The molecule has 0 atom stereocenters. The van der Waals surface area contributed by atoms with Crippen LogP contribution in [0.25, 0.3) is 11.0 Å². The molecule has 5 nitrogen and oxygen atoms in total. The Bertz CT molecular complexity index is 1020. The maximum absolute atomic E-state index is 13.1. The van der Waals surface area contributed by atoms with E-state index < -0.39 is 23.8 Å². The third-order valence-corrected chi connectivity index (χ3v) is 5.49. The van der Waals surface area contributed by atoms with Crippen molar-refractivity contribution >= 4 is 40.3 Å². The minimum absolute atomic E-state index is 0.149. The lowest BCUT2D eigenvalue weighted by Crippen LogP contribution is -2.33. The molecule has 30 heavy (non-hydrogen) atoms. The summed E-state index contributed by atoms with van der Waals surface area (Å²) in [7, 11) is 0. The average Bonchev–Trinajstić information content (AvgIpc) is 3.01. The molecular weight excluding hydrogens is 454 g/mol. The van der Waals surface area contributed by atoms with Crippen molar-refractivity contribution in [1.82, 2.24) is 15.0 Å². The first-order valence-electron chi connectivity index (χ1n) is 8.30. The number of hydrogen-bond donors (Lipinski definition) is 1. The highest BCUT2D eigenvalue weighted by Crippen LogP contribution is 2.48. The van der Waals surface area contributed by atoms with E-state index >= 15 is 0 Å². The standard InChI is InChI=1S/C17H14F6N4OS2/c1-29-13-5-12(24)26-15(27-13)30-3-2-8-4-9-10(7-28-11(9)6-25-8)14(16(18,19)20)17(21,22)23/h4-7,14H,2-3H2,1H3,(H2,24,26,27). The number of alkyl halides is 6. The molecule has 0 fully saturated rings. The van der Waals surface area contributed by atoms with Crippen molar-refractivity contribution in [1.29, 1.82) is 0 Å². The summed E-state index contributed by atoms with van der Waals surface area (Å²) in [5.74, 6) is -2.95. The molecule has 0 radical (unpaired) electrons. The second-order valence-electron chi connectivity index (χ2n) is 6.10. The minimum atomic E-state index is -5.51. The van der Waals surface area contributed by atoms with Crippen molar-refractivity contribution in [3.05, 3.63) is 35.9 Å². The highest BCUT2D eigenvalue weighted by atomic mass is 32.2. The smallest absolute Gasteiger partial charge is 0.404 e. The van der Waals surface area contributed by atoms with Crippen molar-refractivity contribution in [2.45, 2.75) is 34.9 Å². The molecule has 2 N–H and O–H groups in total. The monoisotopic (exact) mass is 468 g/mol. The Balaban J connectivity index is 1.82. The Morgan fingerprint density at radius 2 is 1.80 bits per heavy atom. The van der Waals surface area contributed by atoms with Crippen molar-refractivity contribution in [3.63, 3.8) is 0 Å². The van der Waals surface area contributed by atoms with Gasteiger partial charge in [0.2, 0.25) is 0 Å². The number of nitrogen functional groups attached to an aromatic ring is 1. The third-order valence-electron chi connectivity index (χ3n) is 4.01. The topological polar surface area (TPSA) is 77.8 Å². The lowest BCUT2D eigenvalue weighted by molar-refractivity contribution is -0.253. The summed E-state index contributed by atoms with van der Waals surface area (Å²) in [5, 5.41) is 0.825. The Kier molecular flexibility index (Phi) is 6.41. The molecule has 3 aromatic rings. The number of hydrogen-bond acceptors (Lipinski definition) is 7. The third kappa shape index (κ3) is 5.12. The van der Waals surface area contributed by atoms with Crippen LogP contribution in [0, 0.1) is 0 Å². The molecule has 0 aliphatic rings. The van der Waals surface area contributed by atoms with Crippen LogP contribution in [0.2, 0.25) is 0 Å². The van der Waals surface area contributed by atoms with Crippen molar-refractivity contribution in [2.24, 2.45) is 0 Å². The van der Waals surface area contributed by atoms with Crippen LogP contribution in [-0.2, 0) is 6.42 Å². The van der Waals surface area contributed by atoms with E-state index in [1.165, 1.54) is 29.6 Å². The fourth-order valence-corrected chi connectivity index (χ4v) is 4.03. The lowest BCUT2D eigenvalue weighted by atomic mass is 9.97. The maximum atomic E-state index is 13.1. The molecule has 3 heterocycles. The predicted octanol–water partition coefficient (Wildman–Crippen LogP) is 5.46. The largest absolute Gasteiger partial charge is 0.462 e. The van der Waals surface area contributed by atoms with Gasteiger partial charge in [-0.2, -0.15) is 26.3 Å². The summed E-state index contributed by atoms with van der Waals surface area (Å²) < 4.78 is 83.4. The SMILES string of the molecule is CSc1cc(N)nc(SCCc2cc3c(C(C(F)(F)F)C(F)(F)F)coc3cn2)n1. The van der Waals surface area contributed by atoms with E-state index in [2.05, 4.69) is 15.0 Å². The Labute approximate surface area is 174 Å². The van der Waals surface area contributed by atoms with Crippen LogP contribution < -0.4 is 5.73 Å². The molecule has 3 aromatic heterocycles. The fraction of sp³-hybridized carbons (Fsp3) is 0.353. The van der Waals surface area contributed by atoms with E-state index in [0.29, 0.717) is 33.7 Å². The predicted molar refractivity (Wildman–Crippen MR) is 102 cm³/mol. The van der Waals surface area contributed by atoms with Gasteiger partial charge in [0.15, 0.2) is 16.7 Å². The van der Waals surface area contributed by atoms with Crippen molar-refractivity contribution < 1.29 is 30.8 Å². The van der Waals surface area contributed by atoms with Gasteiger partial charge in [0.1, 0.15) is 10.8 Å². The second kappa shape index (κ2) is 8.53. The van der Waals surface area contributed by atoms with Crippen LogP contribution in [0.15, 0.2) is 39.2 Å². The number of pyridine rings is 1. The number of fused-ring (bicyclic) bond motifs is 1. The van der Waals surface area contributed by atoms with E-state index in [1.807, 2.05) is 6.26 Å². The molecule has 0 spiro atoms. The molecule has 0 aromatic carbocycles. The zero-order valence-electron chi connectivity index (χ0n) is 15.2. The van der Waals surface area contributed by atoms with E-state index in [4.69, 9.17) is 10.2 Å². The zero-order valence-corrected chi connectivity index (χ0v) is 16.8. The summed E-state index contributed by atoms with van der Waals surface area (Å²) >= 11 is 2.63. The van der Waals surface area contributed by atoms with Gasteiger partial charge in [-0.1, -0.05) is 11.8 Å². The summed E-state index contributed by atoms with van der Waals surface area (Å²) in [4.78, 5) is 12.4. The number of anilines is 1. The van der Waals surface area contributed by atoms with Crippen LogP contribution in [0.1, 0.15) is 17.2 Å². The van der Waals surface area contributed by atoms with Crippen molar-refractivity contribution in [2.75, 3.05) is 17.7 Å². The van der Waals surface area contributed by atoms with Gasteiger partial charge in [-0.25, -0.2) is 9.97 Å². The molecule has 0 aliphatic heterocycles. The number of furan rings is 1. The lowest BCUT2D eigenvalue weighted by Gasteiger charge is -2.22. The molecule has 13 heteroatoms. The van der Waals surface area contributed by atoms with E-state index in [-0.39, 0.29) is 17.4 Å². The molecule has 0 bridgehead atoms. The molecule has 0 saturated heterocycles. The number of thioether (sulfide) groups is 2. The van der Waals surface area contributed by atoms with Gasteiger partial charge in [-0.05, 0) is 18.7 Å². The first-order valence-corrected chi connectivity index (χ1v) is 10.5. The van der Waals surface area contributed by atoms with Crippen LogP contribution >= 0.6 is 23.5 Å². The van der Waals surface area contributed by atoms with Gasteiger partial charge in [0.25, 0.3) is 0 Å². The van der Waals surface area contributed by atoms with Gasteiger partial charge in [0.05, 0.1) is 12.5 Å². The first kappa shape index (κ1) is 22.5. The quantitative estimate of drug-likeness (QED) is 0.223. The van der Waals surface area contributed by atoms with E-state index in [1.54, 1.807) is 6.07 Å². The van der Waals surface area contributed by atoms with Gasteiger partial charge in [-0.15, -0.1) is 11.8 Å². The molecule has 0 unspecified atom stereocenters. The summed E-state index contributed by atoms with van der Waals surface area (Å²) in [6.07, 6.45) is -7.32. The van der Waals surface area contributed by atoms with E-state index in [9.17, 15) is 26.3 Å². The number of halogens is 6.